The SMILES string of the molecule is CC(C)C(N)C(O)c1ccc2c(c1)CCCN2C. The lowest BCUT2D eigenvalue weighted by molar-refractivity contribution is 0.125. The van der Waals surface area contributed by atoms with Crippen LogP contribution in [0.3, 0.4) is 0 Å². The second kappa shape index (κ2) is 5.29. The summed E-state index contributed by atoms with van der Waals surface area (Å²) in [5, 5.41) is 10.3. The highest BCUT2D eigenvalue weighted by atomic mass is 16.3. The molecule has 3 nitrogen and oxygen atoms in total. The second-order valence-corrected chi connectivity index (χ2v) is 5.68. The first-order valence-corrected chi connectivity index (χ1v) is 6.78. The van der Waals surface area contributed by atoms with Crippen molar-refractivity contribution in [2.24, 2.45) is 11.7 Å². The van der Waals surface area contributed by atoms with Gasteiger partial charge in [0.25, 0.3) is 0 Å². The molecular weight excluding hydrogens is 224 g/mol. The molecule has 0 spiro atoms. The molecule has 1 aromatic rings. The first-order valence-electron chi connectivity index (χ1n) is 6.78. The van der Waals surface area contributed by atoms with E-state index in [4.69, 9.17) is 5.73 Å². The molecule has 0 radical (unpaired) electrons. The van der Waals surface area contributed by atoms with Crippen molar-refractivity contribution in [3.05, 3.63) is 29.3 Å². The number of benzene rings is 1. The van der Waals surface area contributed by atoms with Gasteiger partial charge in [-0.1, -0.05) is 26.0 Å². The first-order chi connectivity index (χ1) is 8.50. The van der Waals surface area contributed by atoms with Gasteiger partial charge >= 0.3 is 0 Å². The monoisotopic (exact) mass is 248 g/mol. The minimum Gasteiger partial charge on any atom is -0.387 e. The van der Waals surface area contributed by atoms with Crippen LogP contribution in [0.25, 0.3) is 0 Å². The number of aliphatic hydroxyl groups is 1. The molecule has 0 amide bonds. The highest BCUT2D eigenvalue weighted by Crippen LogP contribution is 2.30. The lowest BCUT2D eigenvalue weighted by Crippen LogP contribution is -2.33. The number of hydrogen-bond acceptors (Lipinski definition) is 3. The Balaban J connectivity index is 2.26. The molecule has 1 heterocycles. The fourth-order valence-corrected chi connectivity index (χ4v) is 2.58. The third kappa shape index (κ3) is 2.52. The summed E-state index contributed by atoms with van der Waals surface area (Å²) >= 11 is 0. The van der Waals surface area contributed by atoms with Gasteiger partial charge in [0.1, 0.15) is 0 Å². The van der Waals surface area contributed by atoms with Gasteiger partial charge in [-0.3, -0.25) is 0 Å². The molecule has 0 saturated carbocycles. The van der Waals surface area contributed by atoms with Gasteiger partial charge in [-0.2, -0.15) is 0 Å². The molecule has 100 valence electrons. The number of hydrogen-bond donors (Lipinski definition) is 2. The number of fused-ring (bicyclic) bond motifs is 1. The summed E-state index contributed by atoms with van der Waals surface area (Å²) in [5.41, 5.74) is 9.60. The molecule has 1 aliphatic rings. The molecule has 3 N–H and O–H groups in total. The topological polar surface area (TPSA) is 49.5 Å². The quantitative estimate of drug-likeness (QED) is 0.861. The zero-order valence-electron chi connectivity index (χ0n) is 11.6. The maximum Gasteiger partial charge on any atom is 0.0943 e. The van der Waals surface area contributed by atoms with Gasteiger partial charge in [0.05, 0.1) is 6.10 Å². The maximum atomic E-state index is 10.3. The number of nitrogens with two attached hydrogens (primary N) is 1. The predicted octanol–water partition coefficient (Wildman–Crippen LogP) is 2.09. The van der Waals surface area contributed by atoms with E-state index in [-0.39, 0.29) is 12.0 Å². The van der Waals surface area contributed by atoms with Crippen molar-refractivity contribution in [2.45, 2.75) is 38.8 Å². The third-order valence-electron chi connectivity index (χ3n) is 3.93. The van der Waals surface area contributed by atoms with Gasteiger partial charge in [0, 0.05) is 25.3 Å². The molecule has 2 atom stereocenters. The third-order valence-corrected chi connectivity index (χ3v) is 3.93. The number of anilines is 1. The molecule has 0 bridgehead atoms. The lowest BCUT2D eigenvalue weighted by atomic mass is 9.91. The van der Waals surface area contributed by atoms with Crippen molar-refractivity contribution in [2.75, 3.05) is 18.5 Å². The van der Waals surface area contributed by atoms with E-state index in [1.165, 1.54) is 17.7 Å². The number of rotatable bonds is 3. The van der Waals surface area contributed by atoms with Crippen LogP contribution in [-0.2, 0) is 6.42 Å². The van der Waals surface area contributed by atoms with E-state index in [0.717, 1.165) is 18.5 Å². The van der Waals surface area contributed by atoms with Crippen LogP contribution in [-0.4, -0.2) is 24.7 Å². The lowest BCUT2D eigenvalue weighted by Gasteiger charge is -2.29. The Kier molecular flexibility index (Phi) is 3.93. The van der Waals surface area contributed by atoms with Gasteiger partial charge in [-0.25, -0.2) is 0 Å². The Hall–Kier alpha value is -1.06. The highest BCUT2D eigenvalue weighted by Gasteiger charge is 2.22. The molecule has 1 aromatic carbocycles. The maximum absolute atomic E-state index is 10.3. The molecule has 1 aliphatic heterocycles. The van der Waals surface area contributed by atoms with Gasteiger partial charge in [-0.15, -0.1) is 0 Å². The second-order valence-electron chi connectivity index (χ2n) is 5.68. The molecule has 0 saturated heterocycles. The molecule has 0 aliphatic carbocycles. The van der Waals surface area contributed by atoms with E-state index in [9.17, 15) is 5.11 Å². The number of aliphatic hydroxyl groups excluding tert-OH is 1. The predicted molar refractivity (Wildman–Crippen MR) is 75.8 cm³/mol. The molecule has 2 unspecified atom stereocenters. The van der Waals surface area contributed by atoms with Crippen LogP contribution in [0.5, 0.6) is 0 Å². The normalized spacial score (nSPS) is 18.7. The Bertz CT molecular complexity index is 417. The summed E-state index contributed by atoms with van der Waals surface area (Å²) in [6.07, 6.45) is 1.71. The van der Waals surface area contributed by atoms with Crippen molar-refractivity contribution in [1.82, 2.24) is 0 Å². The highest BCUT2D eigenvalue weighted by molar-refractivity contribution is 5.56. The van der Waals surface area contributed by atoms with Crippen LogP contribution in [0.15, 0.2) is 18.2 Å². The molecule has 18 heavy (non-hydrogen) atoms. The van der Waals surface area contributed by atoms with E-state index < -0.39 is 6.10 Å². The summed E-state index contributed by atoms with van der Waals surface area (Å²) in [4.78, 5) is 2.28. The van der Waals surface area contributed by atoms with Crippen molar-refractivity contribution in [1.29, 1.82) is 0 Å². The minimum absolute atomic E-state index is 0.204. The summed E-state index contributed by atoms with van der Waals surface area (Å²) < 4.78 is 0. The Morgan fingerprint density at radius 2 is 2.06 bits per heavy atom. The largest absolute Gasteiger partial charge is 0.387 e. The van der Waals surface area contributed by atoms with Gasteiger partial charge in [-0.05, 0) is 36.0 Å². The van der Waals surface area contributed by atoms with Crippen LogP contribution in [0.2, 0.25) is 0 Å². The molecule has 2 rings (SSSR count). The van der Waals surface area contributed by atoms with E-state index in [0.29, 0.717) is 0 Å². The van der Waals surface area contributed by atoms with Crippen molar-refractivity contribution < 1.29 is 5.11 Å². The summed E-state index contributed by atoms with van der Waals surface area (Å²) in [5.74, 6) is 0.277. The van der Waals surface area contributed by atoms with Crippen LogP contribution >= 0.6 is 0 Å². The minimum atomic E-state index is -0.567. The van der Waals surface area contributed by atoms with Crippen LogP contribution in [0.1, 0.15) is 37.5 Å². The zero-order chi connectivity index (χ0) is 13.3. The molecular formula is C15H24N2O. The van der Waals surface area contributed by atoms with E-state index in [1.807, 2.05) is 19.9 Å². The van der Waals surface area contributed by atoms with Gasteiger partial charge < -0.3 is 15.7 Å². The Labute approximate surface area is 110 Å². The number of nitrogens with zero attached hydrogens (tertiary/aromatic N) is 1. The van der Waals surface area contributed by atoms with Gasteiger partial charge in [0.2, 0.25) is 0 Å². The van der Waals surface area contributed by atoms with E-state index >= 15 is 0 Å². The Morgan fingerprint density at radius 3 is 2.72 bits per heavy atom. The van der Waals surface area contributed by atoms with Crippen molar-refractivity contribution >= 4 is 5.69 Å². The van der Waals surface area contributed by atoms with Crippen LogP contribution in [0, 0.1) is 5.92 Å². The average molecular weight is 248 g/mol. The number of aryl methyl sites for hydroxylation is 1. The smallest absolute Gasteiger partial charge is 0.0943 e. The van der Waals surface area contributed by atoms with E-state index in [1.54, 1.807) is 0 Å². The van der Waals surface area contributed by atoms with Crippen molar-refractivity contribution in [3.63, 3.8) is 0 Å². The Morgan fingerprint density at radius 1 is 1.33 bits per heavy atom. The molecule has 0 fully saturated rings. The van der Waals surface area contributed by atoms with Crippen molar-refractivity contribution in [3.8, 4) is 0 Å². The van der Waals surface area contributed by atoms with Crippen LogP contribution < -0.4 is 10.6 Å². The fourth-order valence-electron chi connectivity index (χ4n) is 2.58. The first kappa shape index (κ1) is 13.4. The standard InChI is InChI=1S/C15H24N2O/c1-10(2)14(16)15(18)12-6-7-13-11(9-12)5-4-8-17(13)3/h6-7,9-10,14-15,18H,4-5,8,16H2,1-3H3. The summed E-state index contributed by atoms with van der Waals surface area (Å²) in [7, 11) is 2.12. The summed E-state index contributed by atoms with van der Waals surface area (Å²) in [6, 6.07) is 6.04. The molecule has 3 heteroatoms. The molecule has 0 aromatic heterocycles. The van der Waals surface area contributed by atoms with Crippen LogP contribution in [0.4, 0.5) is 5.69 Å². The zero-order valence-corrected chi connectivity index (χ0v) is 11.6. The van der Waals surface area contributed by atoms with E-state index in [2.05, 4.69) is 24.1 Å². The summed E-state index contributed by atoms with van der Waals surface area (Å²) in [6.45, 7) is 5.19. The average Bonchev–Trinajstić information content (AvgIpc) is 2.36. The fraction of sp³-hybridized carbons (Fsp3) is 0.600. The van der Waals surface area contributed by atoms with Gasteiger partial charge in [0.15, 0.2) is 0 Å².